The van der Waals surface area contributed by atoms with Crippen molar-refractivity contribution >= 4 is 46.3 Å². The van der Waals surface area contributed by atoms with E-state index in [0.29, 0.717) is 10.0 Å². The minimum atomic E-state index is 0. The van der Waals surface area contributed by atoms with Crippen LogP contribution in [0.15, 0.2) is 60.7 Å². The van der Waals surface area contributed by atoms with E-state index in [1.54, 1.807) is 6.07 Å². The monoisotopic (exact) mass is 565 g/mol. The Hall–Kier alpha value is -1.96. The first-order chi connectivity index (χ1) is 12.7. The number of hydrogen-bond acceptors (Lipinski definition) is 1. The third kappa shape index (κ3) is 3.35. The third-order valence-corrected chi connectivity index (χ3v) is 5.05. The molecule has 1 aromatic heterocycles. The number of nitrogens with zero attached hydrogens (tertiary/aromatic N) is 1. The van der Waals surface area contributed by atoms with Crippen molar-refractivity contribution in [3.63, 3.8) is 0 Å². The van der Waals surface area contributed by atoms with Gasteiger partial charge in [0, 0.05) is 35.5 Å². The molecule has 0 saturated carbocycles. The molecule has 1 heterocycles. The normalized spacial score (nSPS) is 11.6. The molecule has 0 amide bonds. The predicted octanol–water partition coefficient (Wildman–Crippen LogP) is 7.16. The first-order valence-electron chi connectivity index (χ1n) is 8.28. The maximum absolute atomic E-state index is 6.16. The molecular weight excluding hydrogens is 553 g/mol. The number of aromatic nitrogens is 1. The fourth-order valence-electron chi connectivity index (χ4n) is 3.45. The molecule has 4 aromatic rings. The molecule has 27 heavy (non-hydrogen) atoms. The van der Waals surface area contributed by atoms with E-state index < -0.39 is 0 Å². The Morgan fingerprint density at radius 2 is 1.56 bits per heavy atom. The average Bonchev–Trinajstić information content (AvgIpc) is 3.06. The van der Waals surface area contributed by atoms with E-state index >= 15 is 0 Å². The van der Waals surface area contributed by atoms with Gasteiger partial charge in [-0.05, 0) is 46.6 Å². The molecule has 3 aromatic carbocycles. The SMILES string of the molecule is Clc1cc(Cl)cc(-c2cc[c-]c(-c3cc4c5c(cccc5n3)C=C4)c2)c1.[Ir]. The molecule has 0 saturated heterocycles. The zero-order valence-electron chi connectivity index (χ0n) is 14.0. The molecule has 0 unspecified atom stereocenters. The Bertz CT molecular complexity index is 1190. The summed E-state index contributed by atoms with van der Waals surface area (Å²) in [7, 11) is 0. The molecule has 0 N–H and O–H groups in total. The van der Waals surface area contributed by atoms with Crippen LogP contribution in [0.2, 0.25) is 10.0 Å². The van der Waals surface area contributed by atoms with Crippen molar-refractivity contribution in [1.29, 1.82) is 0 Å². The first kappa shape index (κ1) is 18.4. The largest absolute Gasteiger partial charge is 0.296 e. The molecule has 0 atom stereocenters. The molecule has 1 radical (unpaired) electrons. The van der Waals surface area contributed by atoms with Crippen LogP contribution in [0, 0.1) is 6.07 Å². The van der Waals surface area contributed by atoms with Gasteiger partial charge in [-0.1, -0.05) is 53.6 Å². The molecule has 4 heteroatoms. The van der Waals surface area contributed by atoms with Crippen LogP contribution in [-0.2, 0) is 20.1 Å². The van der Waals surface area contributed by atoms with Crippen LogP contribution < -0.4 is 0 Å². The van der Waals surface area contributed by atoms with Crippen LogP contribution in [0.3, 0.4) is 0 Å². The van der Waals surface area contributed by atoms with Gasteiger partial charge in [-0.2, -0.15) is 0 Å². The van der Waals surface area contributed by atoms with Crippen molar-refractivity contribution in [2.75, 3.05) is 0 Å². The quantitative estimate of drug-likeness (QED) is 0.207. The second-order valence-corrected chi connectivity index (χ2v) is 7.19. The number of pyridine rings is 1. The number of halogens is 2. The van der Waals surface area contributed by atoms with Crippen LogP contribution >= 0.6 is 23.2 Å². The van der Waals surface area contributed by atoms with Gasteiger partial charge in [0.1, 0.15) is 0 Å². The van der Waals surface area contributed by atoms with Crippen LogP contribution in [0.25, 0.3) is 45.4 Å². The minimum absolute atomic E-state index is 0. The van der Waals surface area contributed by atoms with Gasteiger partial charge in [0.25, 0.3) is 0 Å². The molecule has 0 fully saturated rings. The molecule has 5 rings (SSSR count). The average molecular weight is 565 g/mol. The van der Waals surface area contributed by atoms with E-state index in [9.17, 15) is 0 Å². The summed E-state index contributed by atoms with van der Waals surface area (Å²) in [4.78, 5) is 4.85. The van der Waals surface area contributed by atoms with E-state index in [0.717, 1.165) is 27.9 Å². The molecular formula is C23H12Cl2IrN-. The number of benzene rings is 3. The summed E-state index contributed by atoms with van der Waals surface area (Å²) in [6.07, 6.45) is 4.28. The maximum Gasteiger partial charge on any atom is 0.0607 e. The van der Waals surface area contributed by atoms with Crippen LogP contribution in [-0.4, -0.2) is 4.98 Å². The molecule has 1 aliphatic rings. The smallest absolute Gasteiger partial charge is 0.0607 e. The van der Waals surface area contributed by atoms with Crippen LogP contribution in [0.5, 0.6) is 0 Å². The fraction of sp³-hybridized carbons (Fsp3) is 0. The second-order valence-electron chi connectivity index (χ2n) is 6.32. The minimum Gasteiger partial charge on any atom is -0.296 e. The molecule has 0 spiro atoms. The summed E-state index contributed by atoms with van der Waals surface area (Å²) in [5.41, 5.74) is 7.29. The third-order valence-electron chi connectivity index (χ3n) is 4.61. The van der Waals surface area contributed by atoms with Gasteiger partial charge in [-0.15, -0.1) is 35.4 Å². The molecule has 1 nitrogen and oxygen atoms in total. The van der Waals surface area contributed by atoms with Crippen molar-refractivity contribution in [1.82, 2.24) is 4.98 Å². The summed E-state index contributed by atoms with van der Waals surface area (Å²) in [5, 5.41) is 2.46. The molecule has 133 valence electrons. The predicted molar refractivity (Wildman–Crippen MR) is 110 cm³/mol. The van der Waals surface area contributed by atoms with E-state index in [-0.39, 0.29) is 20.1 Å². The molecule has 0 aliphatic heterocycles. The van der Waals surface area contributed by atoms with Crippen molar-refractivity contribution in [2.45, 2.75) is 0 Å². The Balaban J connectivity index is 0.00000180. The Kier molecular flexibility index (Phi) is 4.92. The zero-order chi connectivity index (χ0) is 17.7. The van der Waals surface area contributed by atoms with E-state index in [1.165, 1.54) is 16.5 Å². The summed E-state index contributed by atoms with van der Waals surface area (Å²) in [6, 6.07) is 23.2. The standard InChI is InChI=1S/C23H12Cl2N.Ir/c24-19-10-18(11-20(25)13-19)15-4-1-5-16(9-15)22-12-17-8-7-14-3-2-6-21(26-22)23(14)17;/h1-4,6-13H;/q-1;. The van der Waals surface area contributed by atoms with Gasteiger partial charge >= 0.3 is 0 Å². The van der Waals surface area contributed by atoms with Crippen LogP contribution in [0.4, 0.5) is 0 Å². The zero-order valence-corrected chi connectivity index (χ0v) is 17.9. The van der Waals surface area contributed by atoms with Crippen molar-refractivity contribution < 1.29 is 20.1 Å². The van der Waals surface area contributed by atoms with Gasteiger partial charge in [0.05, 0.1) is 5.52 Å². The Morgan fingerprint density at radius 3 is 2.37 bits per heavy atom. The van der Waals surface area contributed by atoms with E-state index in [1.807, 2.05) is 30.3 Å². The Labute approximate surface area is 181 Å². The molecule has 1 aliphatic carbocycles. The summed E-state index contributed by atoms with van der Waals surface area (Å²) >= 11 is 12.3. The molecule has 0 bridgehead atoms. The van der Waals surface area contributed by atoms with Crippen LogP contribution in [0.1, 0.15) is 11.1 Å². The number of hydrogen-bond donors (Lipinski definition) is 0. The van der Waals surface area contributed by atoms with E-state index in [2.05, 4.69) is 42.5 Å². The summed E-state index contributed by atoms with van der Waals surface area (Å²) < 4.78 is 0. The van der Waals surface area contributed by atoms with Crippen molar-refractivity contribution in [3.05, 3.63) is 87.9 Å². The topological polar surface area (TPSA) is 12.9 Å². The first-order valence-corrected chi connectivity index (χ1v) is 9.03. The summed E-state index contributed by atoms with van der Waals surface area (Å²) in [6.45, 7) is 0. The second kappa shape index (κ2) is 7.22. The van der Waals surface area contributed by atoms with Gasteiger partial charge in [0.15, 0.2) is 0 Å². The van der Waals surface area contributed by atoms with E-state index in [4.69, 9.17) is 28.2 Å². The number of rotatable bonds is 2. The van der Waals surface area contributed by atoms with Crippen molar-refractivity contribution in [2.24, 2.45) is 0 Å². The van der Waals surface area contributed by atoms with Gasteiger partial charge < -0.3 is 0 Å². The summed E-state index contributed by atoms with van der Waals surface area (Å²) in [5.74, 6) is 0. The van der Waals surface area contributed by atoms with Gasteiger partial charge in [-0.25, -0.2) is 0 Å². The fourth-order valence-corrected chi connectivity index (χ4v) is 3.98. The Morgan fingerprint density at radius 1 is 0.778 bits per heavy atom. The van der Waals surface area contributed by atoms with Gasteiger partial charge in [-0.3, -0.25) is 4.98 Å². The van der Waals surface area contributed by atoms with Gasteiger partial charge in [0.2, 0.25) is 0 Å². The van der Waals surface area contributed by atoms with Crippen molar-refractivity contribution in [3.8, 4) is 22.4 Å². The maximum atomic E-state index is 6.16.